The van der Waals surface area contributed by atoms with Gasteiger partial charge in [0.2, 0.25) is 5.88 Å². The second kappa shape index (κ2) is 8.98. The van der Waals surface area contributed by atoms with E-state index in [0.717, 1.165) is 28.5 Å². The molecule has 5 nitrogen and oxygen atoms in total. The fourth-order valence-corrected chi connectivity index (χ4v) is 4.21. The summed E-state index contributed by atoms with van der Waals surface area (Å²) >= 11 is 6.10. The highest BCUT2D eigenvalue weighted by molar-refractivity contribution is 7.90. The highest BCUT2D eigenvalue weighted by Gasteiger charge is 2.25. The van der Waals surface area contributed by atoms with Gasteiger partial charge in [0.25, 0.3) is 0 Å². The average molecular weight is 444 g/mol. The number of Topliss-reactive ketones (excluding diaryl/α,β-unsaturated/α-hetero) is 1. The predicted octanol–water partition coefficient (Wildman–Crippen LogP) is 4.40. The largest absolute Gasteiger partial charge is 0.481 e. The van der Waals surface area contributed by atoms with Crippen LogP contribution in [0.2, 0.25) is 5.02 Å². The van der Waals surface area contributed by atoms with E-state index in [0.29, 0.717) is 10.9 Å². The van der Waals surface area contributed by atoms with E-state index in [1.54, 1.807) is 30.5 Å². The Morgan fingerprint density at radius 2 is 1.80 bits per heavy atom. The number of hydrogen-bond acceptors (Lipinski definition) is 5. The maximum atomic E-state index is 13.4. The van der Waals surface area contributed by atoms with E-state index < -0.39 is 15.8 Å². The van der Waals surface area contributed by atoms with Gasteiger partial charge in [-0.1, -0.05) is 35.9 Å². The highest BCUT2D eigenvalue weighted by Crippen LogP contribution is 2.31. The third-order valence-corrected chi connectivity index (χ3v) is 6.26. The summed E-state index contributed by atoms with van der Waals surface area (Å²) in [6.45, 7) is 1.90. The molecule has 0 bridgehead atoms. The maximum absolute atomic E-state index is 13.4. The Balaban J connectivity index is 2.01. The Morgan fingerprint density at radius 1 is 1.10 bits per heavy atom. The molecule has 0 aliphatic carbocycles. The van der Waals surface area contributed by atoms with Crippen LogP contribution >= 0.6 is 11.6 Å². The van der Waals surface area contributed by atoms with Crippen LogP contribution in [0.15, 0.2) is 65.7 Å². The molecule has 0 N–H and O–H groups in total. The minimum atomic E-state index is -3.32. The Hall–Kier alpha value is -2.70. The molecular formula is C23H22ClNO4S. The first-order valence-corrected chi connectivity index (χ1v) is 11.5. The first kappa shape index (κ1) is 22.0. The summed E-state index contributed by atoms with van der Waals surface area (Å²) in [5.41, 5.74) is 3.21. The van der Waals surface area contributed by atoms with Crippen LogP contribution in [0.3, 0.4) is 0 Å². The Kier molecular flexibility index (Phi) is 6.58. The summed E-state index contributed by atoms with van der Waals surface area (Å²) < 4.78 is 28.7. The quantitative estimate of drug-likeness (QED) is 0.541. The van der Waals surface area contributed by atoms with Crippen molar-refractivity contribution in [2.24, 2.45) is 0 Å². The number of aromatic nitrogens is 1. The number of rotatable bonds is 7. The zero-order chi connectivity index (χ0) is 21.9. The number of carbonyl (C=O) groups excluding carboxylic acids is 1. The van der Waals surface area contributed by atoms with Crippen molar-refractivity contribution in [1.82, 2.24) is 4.98 Å². The maximum Gasteiger partial charge on any atom is 0.212 e. The molecule has 2 aromatic carbocycles. The summed E-state index contributed by atoms with van der Waals surface area (Å²) in [5, 5.41) is 0.592. The van der Waals surface area contributed by atoms with E-state index in [1.807, 2.05) is 25.1 Å². The van der Waals surface area contributed by atoms with E-state index in [2.05, 4.69) is 4.98 Å². The molecule has 1 aromatic heterocycles. The number of benzene rings is 2. The van der Waals surface area contributed by atoms with Gasteiger partial charge in [-0.2, -0.15) is 0 Å². The number of pyridine rings is 1. The van der Waals surface area contributed by atoms with Crippen molar-refractivity contribution in [3.63, 3.8) is 0 Å². The minimum Gasteiger partial charge on any atom is -0.481 e. The van der Waals surface area contributed by atoms with Crippen LogP contribution in [0, 0.1) is 6.92 Å². The van der Waals surface area contributed by atoms with Crippen LogP contribution in [0.5, 0.6) is 5.88 Å². The number of ketones is 1. The number of aryl methyl sites for hydroxylation is 1. The second-order valence-corrected chi connectivity index (χ2v) is 9.58. The molecule has 3 aromatic rings. The monoisotopic (exact) mass is 443 g/mol. The second-order valence-electron chi connectivity index (χ2n) is 7.13. The molecule has 0 amide bonds. The van der Waals surface area contributed by atoms with Gasteiger partial charge in [0.1, 0.15) is 5.78 Å². The average Bonchev–Trinajstić information content (AvgIpc) is 2.70. The third-order valence-electron chi connectivity index (χ3n) is 4.89. The van der Waals surface area contributed by atoms with Gasteiger partial charge in [-0.3, -0.25) is 4.79 Å². The number of hydrogen-bond donors (Lipinski definition) is 0. The van der Waals surface area contributed by atoms with Crippen molar-refractivity contribution in [2.75, 3.05) is 13.4 Å². The summed E-state index contributed by atoms with van der Waals surface area (Å²) in [4.78, 5) is 17.8. The standard InChI is InChI=1S/C23H22ClNO4S/c1-15-12-18(24)7-10-20(15)23(17-5-8-19(9-6-17)30(3,27)28)21(26)13-16-4-11-22(29-2)25-14-16/h4-12,14,23H,13H2,1-3H3. The van der Waals surface area contributed by atoms with Crippen molar-refractivity contribution in [1.29, 1.82) is 0 Å². The lowest BCUT2D eigenvalue weighted by atomic mass is 9.83. The van der Waals surface area contributed by atoms with Crippen molar-refractivity contribution >= 4 is 27.2 Å². The van der Waals surface area contributed by atoms with Crippen LogP contribution < -0.4 is 4.74 Å². The molecule has 0 fully saturated rings. The number of ether oxygens (including phenoxy) is 1. The van der Waals surface area contributed by atoms with E-state index in [1.165, 1.54) is 19.2 Å². The van der Waals surface area contributed by atoms with Crippen LogP contribution in [0.4, 0.5) is 0 Å². The fourth-order valence-electron chi connectivity index (χ4n) is 3.35. The van der Waals surface area contributed by atoms with Crippen molar-refractivity contribution in [3.05, 3.63) is 88.1 Å². The summed E-state index contributed by atoms with van der Waals surface area (Å²) in [6, 6.07) is 15.4. The van der Waals surface area contributed by atoms with Gasteiger partial charge in [-0.15, -0.1) is 0 Å². The molecule has 30 heavy (non-hydrogen) atoms. The first-order valence-electron chi connectivity index (χ1n) is 9.26. The van der Waals surface area contributed by atoms with Crippen LogP contribution in [0.25, 0.3) is 0 Å². The number of nitrogens with zero attached hydrogens (tertiary/aromatic N) is 1. The topological polar surface area (TPSA) is 73.3 Å². The van der Waals surface area contributed by atoms with Crippen LogP contribution in [0.1, 0.15) is 28.2 Å². The SMILES string of the molecule is COc1ccc(CC(=O)C(c2ccc(S(C)(=O)=O)cc2)c2ccc(Cl)cc2C)cn1. The Labute approximate surface area is 181 Å². The van der Waals surface area contributed by atoms with Crippen molar-refractivity contribution in [2.45, 2.75) is 24.2 Å². The summed E-state index contributed by atoms with van der Waals surface area (Å²) in [5.74, 6) is -0.106. The molecule has 7 heteroatoms. The molecule has 0 radical (unpaired) electrons. The van der Waals surface area contributed by atoms with Gasteiger partial charge >= 0.3 is 0 Å². The molecule has 0 spiro atoms. The Morgan fingerprint density at radius 3 is 2.33 bits per heavy atom. The smallest absolute Gasteiger partial charge is 0.212 e. The van der Waals surface area contributed by atoms with Crippen molar-refractivity contribution < 1.29 is 17.9 Å². The molecule has 3 rings (SSSR count). The minimum absolute atomic E-state index is 0.0282. The molecule has 0 saturated heterocycles. The van der Waals surface area contributed by atoms with Gasteiger partial charge in [-0.25, -0.2) is 13.4 Å². The van der Waals surface area contributed by atoms with Gasteiger partial charge in [0.15, 0.2) is 9.84 Å². The van der Waals surface area contributed by atoms with E-state index >= 15 is 0 Å². The molecule has 0 saturated carbocycles. The van der Waals surface area contributed by atoms with Crippen LogP contribution in [-0.4, -0.2) is 32.6 Å². The summed E-state index contributed by atoms with van der Waals surface area (Å²) in [7, 11) is -1.79. The van der Waals surface area contributed by atoms with E-state index in [9.17, 15) is 13.2 Å². The normalized spacial score (nSPS) is 12.4. The van der Waals surface area contributed by atoms with E-state index in [4.69, 9.17) is 16.3 Å². The fraction of sp³-hybridized carbons (Fsp3) is 0.217. The molecule has 1 unspecified atom stereocenters. The van der Waals surface area contributed by atoms with E-state index in [-0.39, 0.29) is 17.1 Å². The number of halogens is 1. The van der Waals surface area contributed by atoms with Gasteiger partial charge < -0.3 is 4.74 Å². The lowest BCUT2D eigenvalue weighted by molar-refractivity contribution is -0.119. The first-order chi connectivity index (χ1) is 14.2. The number of sulfone groups is 1. The number of methoxy groups -OCH3 is 1. The third kappa shape index (κ3) is 5.07. The number of carbonyl (C=O) groups is 1. The molecule has 0 aliphatic heterocycles. The highest BCUT2D eigenvalue weighted by atomic mass is 35.5. The lowest BCUT2D eigenvalue weighted by Gasteiger charge is -2.20. The van der Waals surface area contributed by atoms with Gasteiger partial charge in [-0.05, 0) is 53.4 Å². The molecular weight excluding hydrogens is 422 g/mol. The molecule has 0 aliphatic rings. The zero-order valence-corrected chi connectivity index (χ0v) is 18.5. The predicted molar refractivity (Wildman–Crippen MR) is 117 cm³/mol. The molecule has 1 atom stereocenters. The molecule has 1 heterocycles. The van der Waals surface area contributed by atoms with Gasteiger partial charge in [0.05, 0.1) is 17.9 Å². The molecule has 156 valence electrons. The zero-order valence-electron chi connectivity index (χ0n) is 16.9. The summed E-state index contributed by atoms with van der Waals surface area (Å²) in [6.07, 6.45) is 2.96. The van der Waals surface area contributed by atoms with Crippen LogP contribution in [-0.2, 0) is 21.1 Å². The van der Waals surface area contributed by atoms with Gasteiger partial charge in [0, 0.05) is 30.0 Å². The van der Waals surface area contributed by atoms with Crippen molar-refractivity contribution in [3.8, 4) is 5.88 Å². The lowest BCUT2D eigenvalue weighted by Crippen LogP contribution is -2.18. The Bertz CT molecular complexity index is 1160.